The maximum atomic E-state index is 12.9. The van der Waals surface area contributed by atoms with Gasteiger partial charge in [0.05, 0.1) is 30.4 Å². The van der Waals surface area contributed by atoms with E-state index in [1.54, 1.807) is 24.3 Å². The number of thiazole rings is 1. The van der Waals surface area contributed by atoms with Gasteiger partial charge in [0.1, 0.15) is 6.04 Å². The van der Waals surface area contributed by atoms with Crippen molar-refractivity contribution in [3.63, 3.8) is 0 Å². The highest BCUT2D eigenvalue weighted by Gasteiger charge is 2.40. The molecule has 0 aliphatic carbocycles. The third kappa shape index (κ3) is 3.90. The molecule has 32 heavy (non-hydrogen) atoms. The standard InChI is InChI=1S/C23H19N3O5S/c1-13(26-21(29)15-10-6-7-11-16(15)22(26)30)20(28)25-23-24-19(14-8-4-3-5-9-14)17(32-23)12-18(27)31-2/h3-11,13H,12H2,1-2H3,(H,24,25,28). The number of nitrogens with one attached hydrogen (secondary N) is 1. The van der Waals surface area contributed by atoms with Crippen LogP contribution in [-0.2, 0) is 20.7 Å². The van der Waals surface area contributed by atoms with E-state index < -0.39 is 29.7 Å². The zero-order valence-corrected chi connectivity index (χ0v) is 18.1. The summed E-state index contributed by atoms with van der Waals surface area (Å²) in [5.41, 5.74) is 1.90. The molecule has 1 aromatic heterocycles. The second-order valence-electron chi connectivity index (χ2n) is 7.10. The third-order valence-electron chi connectivity index (χ3n) is 5.10. The Hall–Kier alpha value is -3.85. The van der Waals surface area contributed by atoms with Crippen molar-refractivity contribution < 1.29 is 23.9 Å². The van der Waals surface area contributed by atoms with Crippen molar-refractivity contribution in [2.24, 2.45) is 0 Å². The predicted octanol–water partition coefficient (Wildman–Crippen LogP) is 3.15. The lowest BCUT2D eigenvalue weighted by Crippen LogP contribution is -2.45. The summed E-state index contributed by atoms with van der Waals surface area (Å²) >= 11 is 1.14. The van der Waals surface area contributed by atoms with Crippen molar-refractivity contribution >= 4 is 40.2 Å². The molecule has 0 fully saturated rings. The summed E-state index contributed by atoms with van der Waals surface area (Å²) in [6.07, 6.45) is 0.00221. The van der Waals surface area contributed by atoms with Crippen LogP contribution < -0.4 is 5.32 Å². The normalized spacial score (nSPS) is 13.6. The molecule has 0 saturated heterocycles. The van der Waals surface area contributed by atoms with Gasteiger partial charge in [-0.05, 0) is 19.1 Å². The number of nitrogens with zero attached hydrogens (tertiary/aromatic N) is 2. The fraction of sp³-hybridized carbons (Fsp3) is 0.174. The lowest BCUT2D eigenvalue weighted by molar-refractivity contribution is -0.139. The van der Waals surface area contributed by atoms with Gasteiger partial charge in [-0.2, -0.15) is 0 Å². The van der Waals surface area contributed by atoms with Gasteiger partial charge >= 0.3 is 5.97 Å². The molecule has 0 spiro atoms. The van der Waals surface area contributed by atoms with E-state index in [2.05, 4.69) is 10.3 Å². The lowest BCUT2D eigenvalue weighted by atomic mass is 10.1. The minimum Gasteiger partial charge on any atom is -0.469 e. The van der Waals surface area contributed by atoms with Crippen molar-refractivity contribution in [3.8, 4) is 11.3 Å². The molecule has 2 heterocycles. The van der Waals surface area contributed by atoms with E-state index >= 15 is 0 Å². The molecule has 0 bridgehead atoms. The van der Waals surface area contributed by atoms with Crippen LogP contribution in [0, 0.1) is 0 Å². The number of hydrogen-bond donors (Lipinski definition) is 1. The highest BCUT2D eigenvalue weighted by atomic mass is 32.1. The average molecular weight is 449 g/mol. The van der Waals surface area contributed by atoms with Crippen LogP contribution in [0.25, 0.3) is 11.3 Å². The van der Waals surface area contributed by atoms with Crippen LogP contribution in [-0.4, -0.2) is 46.7 Å². The zero-order valence-electron chi connectivity index (χ0n) is 17.3. The van der Waals surface area contributed by atoms with Gasteiger partial charge < -0.3 is 10.1 Å². The van der Waals surface area contributed by atoms with Crippen molar-refractivity contribution in [3.05, 3.63) is 70.6 Å². The van der Waals surface area contributed by atoms with Crippen molar-refractivity contribution in [1.29, 1.82) is 0 Å². The fourth-order valence-electron chi connectivity index (χ4n) is 3.44. The Morgan fingerprint density at radius 1 is 1.03 bits per heavy atom. The molecule has 1 N–H and O–H groups in total. The van der Waals surface area contributed by atoms with E-state index in [9.17, 15) is 19.2 Å². The van der Waals surface area contributed by atoms with E-state index in [1.165, 1.54) is 14.0 Å². The largest absolute Gasteiger partial charge is 0.469 e. The molecule has 1 unspecified atom stereocenters. The molecule has 0 saturated carbocycles. The number of benzene rings is 2. The number of aromatic nitrogens is 1. The van der Waals surface area contributed by atoms with E-state index in [1.807, 2.05) is 30.3 Å². The van der Waals surface area contributed by atoms with Crippen LogP contribution in [0.4, 0.5) is 5.13 Å². The van der Waals surface area contributed by atoms with Gasteiger partial charge in [0.2, 0.25) is 5.91 Å². The molecule has 162 valence electrons. The SMILES string of the molecule is COC(=O)Cc1sc(NC(=O)C(C)N2C(=O)c3ccccc3C2=O)nc1-c1ccccc1. The number of anilines is 1. The first-order chi connectivity index (χ1) is 15.4. The summed E-state index contributed by atoms with van der Waals surface area (Å²) in [5, 5.41) is 2.94. The minimum atomic E-state index is -1.05. The Bertz CT molecular complexity index is 1190. The highest BCUT2D eigenvalue weighted by molar-refractivity contribution is 7.16. The molecule has 4 rings (SSSR count). The fourth-order valence-corrected chi connectivity index (χ4v) is 4.41. The van der Waals surface area contributed by atoms with E-state index in [4.69, 9.17) is 4.74 Å². The van der Waals surface area contributed by atoms with E-state index in [-0.39, 0.29) is 22.7 Å². The van der Waals surface area contributed by atoms with Gasteiger partial charge in [-0.25, -0.2) is 4.98 Å². The lowest BCUT2D eigenvalue weighted by Gasteiger charge is -2.21. The molecule has 3 amide bonds. The van der Waals surface area contributed by atoms with Crippen LogP contribution in [0.5, 0.6) is 0 Å². The summed E-state index contributed by atoms with van der Waals surface area (Å²) in [6, 6.07) is 14.7. The van der Waals surface area contributed by atoms with E-state index in [0.29, 0.717) is 10.6 Å². The van der Waals surface area contributed by atoms with Crippen LogP contribution in [0.3, 0.4) is 0 Å². The number of carbonyl (C=O) groups excluding carboxylic acids is 4. The van der Waals surface area contributed by atoms with Gasteiger partial charge in [-0.15, -0.1) is 11.3 Å². The van der Waals surface area contributed by atoms with Gasteiger partial charge in [0, 0.05) is 10.4 Å². The first kappa shape index (κ1) is 21.4. The first-order valence-corrected chi connectivity index (χ1v) is 10.6. The minimum absolute atomic E-state index is 0.00221. The number of methoxy groups -OCH3 is 1. The van der Waals surface area contributed by atoms with Crippen LogP contribution in [0.15, 0.2) is 54.6 Å². The van der Waals surface area contributed by atoms with E-state index in [0.717, 1.165) is 21.8 Å². The predicted molar refractivity (Wildman–Crippen MR) is 118 cm³/mol. The monoisotopic (exact) mass is 449 g/mol. The van der Waals surface area contributed by atoms with Gasteiger partial charge in [0.25, 0.3) is 11.8 Å². The number of carbonyl (C=O) groups is 4. The molecule has 3 aromatic rings. The summed E-state index contributed by atoms with van der Waals surface area (Å²) in [6.45, 7) is 1.48. The highest BCUT2D eigenvalue weighted by Crippen LogP contribution is 2.32. The van der Waals surface area contributed by atoms with Crippen molar-refractivity contribution in [1.82, 2.24) is 9.88 Å². The van der Waals surface area contributed by atoms with Crippen LogP contribution in [0.2, 0.25) is 0 Å². The number of imide groups is 1. The quantitative estimate of drug-likeness (QED) is 0.458. The topological polar surface area (TPSA) is 106 Å². The number of fused-ring (bicyclic) bond motifs is 1. The van der Waals surface area contributed by atoms with Gasteiger partial charge in [0.15, 0.2) is 5.13 Å². The number of ether oxygens (including phenoxy) is 1. The Morgan fingerprint density at radius 3 is 2.22 bits per heavy atom. The Morgan fingerprint density at radius 2 is 1.62 bits per heavy atom. The number of hydrogen-bond acceptors (Lipinski definition) is 7. The van der Waals surface area contributed by atoms with Crippen molar-refractivity contribution in [2.45, 2.75) is 19.4 Å². The van der Waals surface area contributed by atoms with Crippen molar-refractivity contribution in [2.75, 3.05) is 12.4 Å². The maximum absolute atomic E-state index is 12.9. The summed E-state index contributed by atoms with van der Waals surface area (Å²) in [7, 11) is 1.30. The summed E-state index contributed by atoms with van der Waals surface area (Å²) in [4.78, 5) is 56.1. The van der Waals surface area contributed by atoms with Gasteiger partial charge in [-0.3, -0.25) is 24.1 Å². The third-order valence-corrected chi connectivity index (χ3v) is 6.07. The summed E-state index contributed by atoms with van der Waals surface area (Å²) in [5.74, 6) is -2.01. The van der Waals surface area contributed by atoms with Gasteiger partial charge in [-0.1, -0.05) is 42.5 Å². The smallest absolute Gasteiger partial charge is 0.310 e. The molecule has 8 nitrogen and oxygen atoms in total. The molecular weight excluding hydrogens is 430 g/mol. The molecule has 0 radical (unpaired) electrons. The molecule has 9 heteroatoms. The zero-order chi connectivity index (χ0) is 22.8. The molecular formula is C23H19N3O5S. The maximum Gasteiger partial charge on any atom is 0.310 e. The molecule has 2 aromatic carbocycles. The number of amides is 3. The number of esters is 1. The Balaban J connectivity index is 1.57. The molecule has 1 aliphatic rings. The Labute approximate surface area is 187 Å². The molecule has 1 atom stereocenters. The second-order valence-corrected chi connectivity index (χ2v) is 8.18. The Kier molecular flexibility index (Phi) is 5.83. The first-order valence-electron chi connectivity index (χ1n) is 9.80. The summed E-state index contributed by atoms with van der Waals surface area (Å²) < 4.78 is 4.77. The van der Waals surface area contributed by atoms with Crippen LogP contribution in [0.1, 0.15) is 32.5 Å². The van der Waals surface area contributed by atoms with Crippen LogP contribution >= 0.6 is 11.3 Å². The second kappa shape index (κ2) is 8.72. The molecule has 1 aliphatic heterocycles. The number of rotatable bonds is 6. The average Bonchev–Trinajstić information content (AvgIpc) is 3.31.